The lowest BCUT2D eigenvalue weighted by Crippen LogP contribution is -2.29. The first-order chi connectivity index (χ1) is 11.6. The van der Waals surface area contributed by atoms with E-state index in [4.69, 9.17) is 11.6 Å². The predicted molar refractivity (Wildman–Crippen MR) is 97.0 cm³/mol. The average molecular weight is 401 g/mol. The van der Waals surface area contributed by atoms with Gasteiger partial charge < -0.3 is 0 Å². The van der Waals surface area contributed by atoms with Gasteiger partial charge in [-0.3, -0.25) is 4.31 Å². The van der Waals surface area contributed by atoms with Crippen LogP contribution >= 0.6 is 11.6 Å². The summed E-state index contributed by atoms with van der Waals surface area (Å²) in [5.74, 6) is 0. The topological polar surface area (TPSA) is 74.8 Å². The molecule has 1 aliphatic heterocycles. The minimum atomic E-state index is -3.72. The van der Waals surface area contributed by atoms with Gasteiger partial charge in [0.1, 0.15) is 0 Å². The van der Waals surface area contributed by atoms with Gasteiger partial charge in [-0.15, -0.1) is 0 Å². The van der Waals surface area contributed by atoms with Crippen molar-refractivity contribution in [2.45, 2.75) is 16.2 Å². The van der Waals surface area contributed by atoms with Crippen LogP contribution in [0.15, 0.2) is 52.3 Å². The molecule has 1 aliphatic rings. The Balaban J connectivity index is 2.02. The van der Waals surface area contributed by atoms with E-state index in [1.807, 2.05) is 0 Å². The standard InChI is InChI=1S/C16H17ClN2O4S2/c1-18(2)24(20,21)15-7-8-16-12(11-15)9-10-19(16)25(22,23)14-5-3-13(17)4-6-14/h3-8,11H,9-10H2,1-2H3. The Labute approximate surface area is 152 Å². The normalized spacial score (nSPS) is 14.8. The second-order valence-electron chi connectivity index (χ2n) is 5.86. The number of sulfonamides is 2. The number of hydrogen-bond donors (Lipinski definition) is 0. The summed E-state index contributed by atoms with van der Waals surface area (Å²) in [4.78, 5) is 0.303. The molecular weight excluding hydrogens is 384 g/mol. The molecule has 9 heteroatoms. The molecule has 2 aromatic carbocycles. The van der Waals surface area contributed by atoms with Gasteiger partial charge in [0.2, 0.25) is 10.0 Å². The van der Waals surface area contributed by atoms with Gasteiger partial charge in [-0.05, 0) is 54.4 Å². The van der Waals surface area contributed by atoms with Crippen molar-refractivity contribution in [2.24, 2.45) is 0 Å². The first kappa shape index (κ1) is 18.2. The predicted octanol–water partition coefficient (Wildman–Crippen LogP) is 2.34. The monoisotopic (exact) mass is 400 g/mol. The molecule has 0 N–H and O–H groups in total. The third-order valence-corrected chi connectivity index (χ3v) is 7.97. The maximum absolute atomic E-state index is 12.9. The van der Waals surface area contributed by atoms with E-state index in [0.717, 1.165) is 4.31 Å². The lowest BCUT2D eigenvalue weighted by molar-refractivity contribution is 0.520. The average Bonchev–Trinajstić information content (AvgIpc) is 2.99. The zero-order valence-corrected chi connectivity index (χ0v) is 16.1. The Morgan fingerprint density at radius 3 is 2.16 bits per heavy atom. The molecule has 0 saturated heterocycles. The minimum absolute atomic E-state index is 0.148. The third kappa shape index (κ3) is 3.15. The lowest BCUT2D eigenvalue weighted by atomic mass is 10.2. The zero-order chi connectivity index (χ0) is 18.4. The fraction of sp³-hybridized carbons (Fsp3) is 0.250. The van der Waals surface area contributed by atoms with Crippen molar-refractivity contribution in [3.8, 4) is 0 Å². The van der Waals surface area contributed by atoms with E-state index < -0.39 is 20.0 Å². The number of anilines is 1. The number of rotatable bonds is 4. The van der Waals surface area contributed by atoms with Crippen molar-refractivity contribution < 1.29 is 16.8 Å². The summed E-state index contributed by atoms with van der Waals surface area (Å²) in [6.45, 7) is 0.270. The van der Waals surface area contributed by atoms with E-state index in [0.29, 0.717) is 22.7 Å². The molecule has 0 fully saturated rings. The summed E-state index contributed by atoms with van der Waals surface area (Å²) >= 11 is 5.82. The molecule has 134 valence electrons. The Morgan fingerprint density at radius 1 is 0.960 bits per heavy atom. The fourth-order valence-electron chi connectivity index (χ4n) is 2.70. The Bertz CT molecular complexity index is 1020. The van der Waals surface area contributed by atoms with Crippen LogP contribution in [0.25, 0.3) is 0 Å². The van der Waals surface area contributed by atoms with Gasteiger partial charge in [0.05, 0.1) is 15.5 Å². The first-order valence-electron chi connectivity index (χ1n) is 7.48. The molecule has 6 nitrogen and oxygen atoms in total. The maximum atomic E-state index is 12.9. The van der Waals surface area contributed by atoms with Gasteiger partial charge in [-0.2, -0.15) is 0 Å². The molecule has 0 unspecified atom stereocenters. The summed E-state index contributed by atoms with van der Waals surface area (Å²) in [5.41, 5.74) is 1.20. The molecule has 0 amide bonds. The summed E-state index contributed by atoms with van der Waals surface area (Å²) in [5, 5.41) is 0.458. The van der Waals surface area contributed by atoms with Crippen molar-refractivity contribution in [1.29, 1.82) is 0 Å². The van der Waals surface area contributed by atoms with Crippen LogP contribution in [-0.4, -0.2) is 41.8 Å². The highest BCUT2D eigenvalue weighted by molar-refractivity contribution is 7.92. The van der Waals surface area contributed by atoms with Gasteiger partial charge in [-0.25, -0.2) is 21.1 Å². The number of halogens is 1. The van der Waals surface area contributed by atoms with Crippen LogP contribution in [0.4, 0.5) is 5.69 Å². The number of benzene rings is 2. The lowest BCUT2D eigenvalue weighted by Gasteiger charge is -2.20. The summed E-state index contributed by atoms with van der Waals surface area (Å²) < 4.78 is 52.6. The van der Waals surface area contributed by atoms with Crippen molar-refractivity contribution in [1.82, 2.24) is 4.31 Å². The summed E-state index contributed by atoms with van der Waals surface area (Å²) in [6.07, 6.45) is 0.457. The number of nitrogens with zero attached hydrogens (tertiary/aromatic N) is 2. The SMILES string of the molecule is CN(C)S(=O)(=O)c1ccc2c(c1)CCN2S(=O)(=O)c1ccc(Cl)cc1. The second-order valence-corrected chi connectivity index (χ2v) is 10.3. The van der Waals surface area contributed by atoms with Crippen LogP contribution in [0.5, 0.6) is 0 Å². The van der Waals surface area contributed by atoms with Crippen LogP contribution in [-0.2, 0) is 26.5 Å². The number of fused-ring (bicyclic) bond motifs is 1. The summed E-state index contributed by atoms with van der Waals surface area (Å²) in [6, 6.07) is 10.5. The number of hydrogen-bond acceptors (Lipinski definition) is 4. The van der Waals surface area contributed by atoms with Crippen LogP contribution in [0.3, 0.4) is 0 Å². The summed E-state index contributed by atoms with van der Waals surface area (Å²) in [7, 11) is -4.36. The van der Waals surface area contributed by atoms with Crippen molar-refractivity contribution in [3.05, 3.63) is 53.1 Å². The largest absolute Gasteiger partial charge is 0.266 e. The highest BCUT2D eigenvalue weighted by Crippen LogP contribution is 2.35. The molecular formula is C16H17ClN2O4S2. The molecule has 1 heterocycles. The molecule has 0 bridgehead atoms. The Hall–Kier alpha value is -1.61. The molecule has 0 atom stereocenters. The molecule has 3 rings (SSSR count). The van der Waals surface area contributed by atoms with Gasteiger partial charge >= 0.3 is 0 Å². The smallest absolute Gasteiger partial charge is 0.264 e. The highest BCUT2D eigenvalue weighted by Gasteiger charge is 2.32. The maximum Gasteiger partial charge on any atom is 0.264 e. The Kier molecular flexibility index (Phi) is 4.57. The van der Waals surface area contributed by atoms with Crippen LogP contribution in [0, 0.1) is 0 Å². The molecule has 0 aliphatic carbocycles. The molecule has 2 aromatic rings. The van der Waals surface area contributed by atoms with Crippen LogP contribution in [0.1, 0.15) is 5.56 Å². The molecule has 0 radical (unpaired) electrons. The fourth-order valence-corrected chi connectivity index (χ4v) is 5.28. The second kappa shape index (κ2) is 6.28. The quantitative estimate of drug-likeness (QED) is 0.789. The van der Waals surface area contributed by atoms with Gasteiger partial charge in [0.15, 0.2) is 0 Å². The van der Waals surface area contributed by atoms with Crippen LogP contribution < -0.4 is 4.31 Å². The van der Waals surface area contributed by atoms with E-state index in [1.165, 1.54) is 48.7 Å². The minimum Gasteiger partial charge on any atom is -0.266 e. The molecule has 0 aromatic heterocycles. The third-order valence-electron chi connectivity index (χ3n) is 4.08. The molecule has 25 heavy (non-hydrogen) atoms. The first-order valence-corrected chi connectivity index (χ1v) is 10.7. The van der Waals surface area contributed by atoms with Crippen molar-refractivity contribution in [3.63, 3.8) is 0 Å². The highest BCUT2D eigenvalue weighted by atomic mass is 35.5. The van der Waals surface area contributed by atoms with E-state index in [9.17, 15) is 16.8 Å². The van der Waals surface area contributed by atoms with Gasteiger partial charge in [-0.1, -0.05) is 11.6 Å². The van der Waals surface area contributed by atoms with E-state index in [1.54, 1.807) is 12.1 Å². The zero-order valence-electron chi connectivity index (χ0n) is 13.7. The Morgan fingerprint density at radius 2 is 1.56 bits per heavy atom. The van der Waals surface area contributed by atoms with Crippen molar-refractivity contribution in [2.75, 3.05) is 24.9 Å². The van der Waals surface area contributed by atoms with E-state index in [2.05, 4.69) is 0 Å². The van der Waals surface area contributed by atoms with Crippen molar-refractivity contribution >= 4 is 37.3 Å². The van der Waals surface area contributed by atoms with Gasteiger partial charge in [0.25, 0.3) is 10.0 Å². The molecule has 0 spiro atoms. The van der Waals surface area contributed by atoms with E-state index >= 15 is 0 Å². The van der Waals surface area contributed by atoms with Crippen LogP contribution in [0.2, 0.25) is 5.02 Å². The van der Waals surface area contributed by atoms with E-state index in [-0.39, 0.29) is 16.3 Å². The molecule has 0 saturated carbocycles. The van der Waals surface area contributed by atoms with Gasteiger partial charge in [0, 0.05) is 25.7 Å².